The van der Waals surface area contributed by atoms with E-state index in [0.717, 1.165) is 0 Å². The summed E-state index contributed by atoms with van der Waals surface area (Å²) >= 11 is 1.95. The first-order valence-corrected chi connectivity index (χ1v) is 17.8. The Kier molecular flexibility index (Phi) is 5.59. The van der Waals surface area contributed by atoms with E-state index in [1.165, 1.54) is 98.1 Å². The van der Waals surface area contributed by atoms with E-state index in [0.29, 0.717) is 0 Å². The molecule has 4 heteroatoms. The molecule has 0 amide bonds. The van der Waals surface area contributed by atoms with Crippen molar-refractivity contribution in [2.75, 3.05) is 4.81 Å². The van der Waals surface area contributed by atoms with Crippen molar-refractivity contribution in [2.45, 2.75) is 6.92 Å². The van der Waals surface area contributed by atoms with Gasteiger partial charge in [-0.25, -0.2) is 0 Å². The van der Waals surface area contributed by atoms with Gasteiger partial charge in [0.15, 0.2) is 0 Å². The SMILES string of the molecule is Cc1ccc(N2B3c4sc5ccccc5c4-n4c5ccccc5c5c(-c6ccccc6-c6ccccc6)cc(c3c54)-c3ccccc32)cc1. The third kappa shape index (κ3) is 3.67. The minimum Gasteiger partial charge on any atom is -0.376 e. The molecule has 0 aliphatic carbocycles. The molecule has 0 saturated heterocycles. The molecule has 7 aromatic carbocycles. The van der Waals surface area contributed by atoms with Crippen molar-refractivity contribution in [3.8, 4) is 39.1 Å². The Morgan fingerprint density at radius 2 is 1.22 bits per heavy atom. The van der Waals surface area contributed by atoms with E-state index in [4.69, 9.17) is 0 Å². The first-order valence-electron chi connectivity index (χ1n) is 17.0. The smallest absolute Gasteiger partial charge is 0.343 e. The molecule has 0 N–H and O–H groups in total. The number of nitrogens with zero attached hydrogens (tertiary/aromatic N) is 2. The van der Waals surface area contributed by atoms with Crippen molar-refractivity contribution >= 4 is 71.7 Å². The van der Waals surface area contributed by atoms with Crippen molar-refractivity contribution < 1.29 is 0 Å². The highest BCUT2D eigenvalue weighted by molar-refractivity contribution is 7.32. The van der Waals surface area contributed by atoms with Gasteiger partial charge in [-0.05, 0) is 76.6 Å². The van der Waals surface area contributed by atoms with Crippen molar-refractivity contribution in [3.05, 3.63) is 163 Å². The van der Waals surface area contributed by atoms with Crippen LogP contribution in [0.1, 0.15) is 5.56 Å². The zero-order chi connectivity index (χ0) is 32.2. The fourth-order valence-electron chi connectivity index (χ4n) is 8.61. The molecule has 0 bridgehead atoms. The predicted octanol–water partition coefficient (Wildman–Crippen LogP) is 10.9. The van der Waals surface area contributed by atoms with Crippen molar-refractivity contribution in [1.29, 1.82) is 0 Å². The van der Waals surface area contributed by atoms with Crippen LogP contribution in [-0.2, 0) is 0 Å². The molecule has 0 atom stereocenters. The fraction of sp³-hybridized carbons (Fsp3) is 0.0222. The van der Waals surface area contributed by atoms with Gasteiger partial charge in [0.05, 0.1) is 16.7 Å². The van der Waals surface area contributed by atoms with Crippen molar-refractivity contribution in [1.82, 2.24) is 4.57 Å². The Labute approximate surface area is 289 Å². The van der Waals surface area contributed by atoms with Crippen LogP contribution >= 0.6 is 11.3 Å². The quantitative estimate of drug-likeness (QED) is 0.175. The maximum Gasteiger partial charge on any atom is 0.343 e. The van der Waals surface area contributed by atoms with Crippen molar-refractivity contribution in [3.63, 3.8) is 0 Å². The van der Waals surface area contributed by atoms with Crippen LogP contribution < -0.4 is 15.1 Å². The van der Waals surface area contributed by atoms with Gasteiger partial charge in [0, 0.05) is 42.6 Å². The molecule has 11 rings (SSSR count). The molecule has 2 aromatic heterocycles. The fourth-order valence-corrected chi connectivity index (χ4v) is 9.90. The number of hydrogen-bond acceptors (Lipinski definition) is 2. The van der Waals surface area contributed by atoms with Crippen LogP contribution in [0.5, 0.6) is 0 Å². The third-order valence-electron chi connectivity index (χ3n) is 10.6. The number of benzene rings is 7. The average molecular weight is 641 g/mol. The molecule has 0 radical (unpaired) electrons. The zero-order valence-corrected chi connectivity index (χ0v) is 27.7. The number of rotatable bonds is 3. The summed E-state index contributed by atoms with van der Waals surface area (Å²) in [6.07, 6.45) is 0. The summed E-state index contributed by atoms with van der Waals surface area (Å²) in [5.41, 5.74) is 16.6. The third-order valence-corrected chi connectivity index (χ3v) is 11.9. The highest BCUT2D eigenvalue weighted by Crippen LogP contribution is 2.50. The van der Waals surface area contributed by atoms with Gasteiger partial charge in [-0.15, -0.1) is 11.3 Å². The molecule has 0 unspecified atom stereocenters. The number of para-hydroxylation sites is 2. The largest absolute Gasteiger partial charge is 0.376 e. The number of thiophene rings is 1. The van der Waals surface area contributed by atoms with Crippen LogP contribution in [-0.4, -0.2) is 11.4 Å². The lowest BCUT2D eigenvalue weighted by atomic mass is 9.47. The lowest BCUT2D eigenvalue weighted by Gasteiger charge is -2.41. The van der Waals surface area contributed by atoms with Crippen LogP contribution in [0.25, 0.3) is 71.0 Å². The van der Waals surface area contributed by atoms with Crippen molar-refractivity contribution in [2.24, 2.45) is 0 Å². The van der Waals surface area contributed by atoms with Crippen LogP contribution in [0.2, 0.25) is 0 Å². The van der Waals surface area contributed by atoms with E-state index in [9.17, 15) is 0 Å². The minimum atomic E-state index is 0.0257. The molecule has 0 spiro atoms. The maximum atomic E-state index is 2.62. The average Bonchev–Trinajstić information content (AvgIpc) is 3.71. The summed E-state index contributed by atoms with van der Waals surface area (Å²) in [4.78, 5) is 2.61. The Morgan fingerprint density at radius 3 is 2.06 bits per heavy atom. The first kappa shape index (κ1) is 27.2. The summed E-state index contributed by atoms with van der Waals surface area (Å²) in [5.74, 6) is 0. The second kappa shape index (κ2) is 10.1. The first-order chi connectivity index (χ1) is 24.3. The molecule has 0 saturated carbocycles. The van der Waals surface area contributed by atoms with Crippen LogP contribution in [0.15, 0.2) is 158 Å². The second-order valence-corrected chi connectivity index (χ2v) is 14.4. The summed E-state index contributed by atoms with van der Waals surface area (Å²) in [5, 5.41) is 3.93. The highest BCUT2D eigenvalue weighted by Gasteiger charge is 2.46. The van der Waals surface area contributed by atoms with Gasteiger partial charge in [0.25, 0.3) is 0 Å². The van der Waals surface area contributed by atoms with Crippen LogP contribution in [0, 0.1) is 6.92 Å². The number of hydrogen-bond donors (Lipinski definition) is 0. The molecule has 2 aliphatic rings. The molecule has 228 valence electrons. The summed E-state index contributed by atoms with van der Waals surface area (Å²) < 4.78 is 5.33. The van der Waals surface area contributed by atoms with Crippen LogP contribution in [0.3, 0.4) is 0 Å². The van der Waals surface area contributed by atoms with Crippen LogP contribution in [0.4, 0.5) is 11.4 Å². The van der Waals surface area contributed by atoms with Gasteiger partial charge in [0.2, 0.25) is 0 Å². The molecular formula is C45H29BN2S. The minimum absolute atomic E-state index is 0.0257. The van der Waals surface area contributed by atoms with E-state index < -0.39 is 0 Å². The van der Waals surface area contributed by atoms with Gasteiger partial charge in [0.1, 0.15) is 0 Å². The maximum absolute atomic E-state index is 2.62. The summed E-state index contributed by atoms with van der Waals surface area (Å²) in [6.45, 7) is 2.20. The number of anilines is 2. The van der Waals surface area contributed by atoms with E-state index >= 15 is 0 Å². The Morgan fingerprint density at radius 1 is 0.551 bits per heavy atom. The Bertz CT molecular complexity index is 2790. The van der Waals surface area contributed by atoms with Gasteiger partial charge < -0.3 is 9.38 Å². The van der Waals surface area contributed by atoms with E-state index in [-0.39, 0.29) is 6.85 Å². The van der Waals surface area contributed by atoms with Gasteiger partial charge >= 0.3 is 6.85 Å². The van der Waals surface area contributed by atoms with E-state index in [1.807, 2.05) is 11.3 Å². The lowest BCUT2D eigenvalue weighted by Crippen LogP contribution is -2.59. The normalized spacial score (nSPS) is 12.9. The molecule has 0 fully saturated rings. The number of aryl methyl sites for hydroxylation is 1. The van der Waals surface area contributed by atoms with Gasteiger partial charge in [-0.3, -0.25) is 0 Å². The molecule has 4 heterocycles. The predicted molar refractivity (Wildman–Crippen MR) is 211 cm³/mol. The Balaban J connectivity index is 1.37. The Hall–Kier alpha value is -5.84. The molecule has 49 heavy (non-hydrogen) atoms. The molecule has 9 aromatic rings. The lowest BCUT2D eigenvalue weighted by molar-refractivity contribution is 1.21. The molecule has 2 aliphatic heterocycles. The topological polar surface area (TPSA) is 8.17 Å². The zero-order valence-electron chi connectivity index (χ0n) is 26.9. The second-order valence-electron chi connectivity index (χ2n) is 13.3. The van der Waals surface area contributed by atoms with E-state index in [2.05, 4.69) is 174 Å². The standard InChI is InChI=1S/C45H29BN2S/c1-28-23-25-30(26-24-28)48-39-21-11-7-17-33(39)37-27-36(32-16-6-5-15-31(32)29-13-3-2-4-14-29)41-34-18-8-10-20-38(34)47-43-35-19-9-12-22-40(35)49-45(43)46(48)42(37)44(41)47/h2-27H,1H3. The summed E-state index contributed by atoms with van der Waals surface area (Å²) in [6, 6.07) is 58.5. The summed E-state index contributed by atoms with van der Waals surface area (Å²) in [7, 11) is 0. The van der Waals surface area contributed by atoms with Gasteiger partial charge in [-0.2, -0.15) is 0 Å². The van der Waals surface area contributed by atoms with Gasteiger partial charge in [-0.1, -0.05) is 127 Å². The highest BCUT2D eigenvalue weighted by atomic mass is 32.1. The monoisotopic (exact) mass is 640 g/mol. The van der Waals surface area contributed by atoms with E-state index in [1.54, 1.807) is 0 Å². The molecular weight excluding hydrogens is 611 g/mol. The number of fused-ring (bicyclic) bond motifs is 10. The number of aromatic nitrogens is 1. The molecule has 2 nitrogen and oxygen atoms in total.